The number of likely N-dealkylation sites (tertiary alicyclic amines) is 1. The van der Waals surface area contributed by atoms with Crippen LogP contribution in [0.25, 0.3) is 0 Å². The summed E-state index contributed by atoms with van der Waals surface area (Å²) in [5.41, 5.74) is -2.28. The zero-order valence-electron chi connectivity index (χ0n) is 22.4. The summed E-state index contributed by atoms with van der Waals surface area (Å²) in [6.45, 7) is 3.03. The molecule has 1 N–H and O–H groups in total. The van der Waals surface area contributed by atoms with Crippen LogP contribution in [0.2, 0.25) is 0 Å². The van der Waals surface area contributed by atoms with E-state index in [0.29, 0.717) is 64.8 Å². The molecule has 1 amide bonds. The molecule has 4 nitrogen and oxygen atoms in total. The van der Waals surface area contributed by atoms with Crippen LogP contribution in [-0.2, 0) is 33.5 Å². The number of alkyl halides is 4. The van der Waals surface area contributed by atoms with Gasteiger partial charge >= 0.3 is 12.1 Å². The van der Waals surface area contributed by atoms with Gasteiger partial charge in [0, 0.05) is 23.4 Å². The molecular weight excluding hydrogens is 510 g/mol. The van der Waals surface area contributed by atoms with E-state index in [0.717, 1.165) is 16.7 Å². The van der Waals surface area contributed by atoms with Gasteiger partial charge in [0.25, 0.3) is 0 Å². The minimum absolute atomic E-state index is 0.0414. The molecule has 210 valence electrons. The highest BCUT2D eigenvalue weighted by atomic mass is 19.4. The van der Waals surface area contributed by atoms with Gasteiger partial charge in [-0.1, -0.05) is 55.5 Å². The molecule has 0 radical (unpaired) electrons. The van der Waals surface area contributed by atoms with Crippen molar-refractivity contribution in [3.8, 4) is 0 Å². The maximum absolute atomic E-state index is 14.9. The van der Waals surface area contributed by atoms with Gasteiger partial charge in [0.05, 0.1) is 5.92 Å². The van der Waals surface area contributed by atoms with Crippen molar-refractivity contribution < 1.29 is 32.3 Å². The molecule has 5 rings (SSSR count). The Kier molecular flexibility index (Phi) is 6.83. The van der Waals surface area contributed by atoms with Crippen molar-refractivity contribution >= 4 is 11.9 Å². The number of carboxylic acids is 1. The molecule has 8 heteroatoms. The van der Waals surface area contributed by atoms with Crippen molar-refractivity contribution in [2.45, 2.75) is 88.5 Å². The molecule has 1 saturated heterocycles. The second-order valence-electron chi connectivity index (χ2n) is 12.2. The number of rotatable bonds is 5. The second kappa shape index (κ2) is 9.63. The van der Waals surface area contributed by atoms with Gasteiger partial charge in [-0.3, -0.25) is 9.59 Å². The van der Waals surface area contributed by atoms with Gasteiger partial charge in [0.2, 0.25) is 11.6 Å². The molecule has 2 aliphatic carbocycles. The molecule has 3 atom stereocenters. The minimum atomic E-state index is -5.02. The minimum Gasteiger partial charge on any atom is -0.481 e. The molecule has 1 aliphatic heterocycles. The summed E-state index contributed by atoms with van der Waals surface area (Å²) in [4.78, 5) is 27.5. The Bertz CT molecular complexity index is 1250. The summed E-state index contributed by atoms with van der Waals surface area (Å²) in [6.07, 6.45) is -0.725. The molecule has 1 saturated carbocycles. The van der Waals surface area contributed by atoms with E-state index in [4.69, 9.17) is 0 Å². The average molecular weight is 546 g/mol. The number of fused-ring (bicyclic) bond motifs is 3. The largest absolute Gasteiger partial charge is 0.481 e. The van der Waals surface area contributed by atoms with Crippen LogP contribution < -0.4 is 0 Å². The van der Waals surface area contributed by atoms with E-state index >= 15 is 0 Å². The molecule has 3 aliphatic rings. The van der Waals surface area contributed by atoms with E-state index in [1.54, 1.807) is 6.07 Å². The van der Waals surface area contributed by atoms with Crippen LogP contribution in [0.3, 0.4) is 0 Å². The zero-order chi connectivity index (χ0) is 28.2. The van der Waals surface area contributed by atoms with Gasteiger partial charge in [-0.25, -0.2) is 4.39 Å². The van der Waals surface area contributed by atoms with Crippen molar-refractivity contribution in [3.05, 3.63) is 70.8 Å². The number of nitrogens with zero attached hydrogens (tertiary/aromatic N) is 1. The Morgan fingerprint density at radius 3 is 2.28 bits per heavy atom. The molecule has 1 unspecified atom stereocenters. The summed E-state index contributed by atoms with van der Waals surface area (Å²) in [5, 5.41) is 9.41. The fourth-order valence-electron chi connectivity index (χ4n) is 7.29. The first-order chi connectivity index (χ1) is 18.3. The molecule has 39 heavy (non-hydrogen) atoms. The maximum Gasteiger partial charge on any atom is 0.426 e. The Morgan fingerprint density at radius 1 is 1.00 bits per heavy atom. The Labute approximate surface area is 226 Å². The van der Waals surface area contributed by atoms with Crippen LogP contribution in [0, 0.1) is 11.3 Å². The molecule has 0 bridgehead atoms. The highest BCUT2D eigenvalue weighted by Gasteiger charge is 2.57. The normalized spacial score (nSPS) is 30.3. The molecule has 2 aromatic rings. The molecule has 2 aromatic carbocycles. The third kappa shape index (κ3) is 4.63. The van der Waals surface area contributed by atoms with Gasteiger partial charge in [-0.05, 0) is 80.5 Å². The molecular formula is C31H35F4NO3. The highest BCUT2D eigenvalue weighted by molar-refractivity contribution is 5.84. The first-order valence-corrected chi connectivity index (χ1v) is 13.8. The lowest BCUT2D eigenvalue weighted by Crippen LogP contribution is -2.53. The Hall–Kier alpha value is -2.90. The maximum atomic E-state index is 14.9. The van der Waals surface area contributed by atoms with Gasteiger partial charge in [-0.15, -0.1) is 0 Å². The molecule has 0 spiro atoms. The van der Waals surface area contributed by atoms with E-state index in [-0.39, 0.29) is 11.9 Å². The number of benzene rings is 2. The lowest BCUT2D eigenvalue weighted by molar-refractivity contribution is -0.228. The SMILES string of the molecule is CC(F)(c1ccc2c(c1)CC[C@H]1N(C(=O)[C@]3(C)CC[C@@H](C(=O)O)CC3)CC[C@@]21Cc1ccccc1)C(F)(F)F. The fraction of sp³-hybridized carbons (Fsp3) is 0.548. The van der Waals surface area contributed by atoms with Crippen molar-refractivity contribution in [2.24, 2.45) is 11.3 Å². The summed E-state index contributed by atoms with van der Waals surface area (Å²) in [5.74, 6) is -1.19. The summed E-state index contributed by atoms with van der Waals surface area (Å²) in [7, 11) is 0. The zero-order valence-corrected chi connectivity index (χ0v) is 22.4. The van der Waals surface area contributed by atoms with E-state index in [2.05, 4.69) is 0 Å². The second-order valence-corrected chi connectivity index (χ2v) is 12.2. The van der Waals surface area contributed by atoms with Crippen LogP contribution in [0.15, 0.2) is 48.5 Å². The van der Waals surface area contributed by atoms with Gasteiger partial charge in [0.15, 0.2) is 0 Å². The van der Waals surface area contributed by atoms with Crippen molar-refractivity contribution in [3.63, 3.8) is 0 Å². The third-order valence-corrected chi connectivity index (χ3v) is 9.79. The summed E-state index contributed by atoms with van der Waals surface area (Å²) in [6, 6.07) is 14.0. The van der Waals surface area contributed by atoms with Crippen LogP contribution in [0.4, 0.5) is 17.6 Å². The number of carbonyl (C=O) groups is 2. The molecule has 0 aromatic heterocycles. The van der Waals surface area contributed by atoms with Crippen LogP contribution in [0.5, 0.6) is 0 Å². The van der Waals surface area contributed by atoms with Crippen molar-refractivity contribution in [1.29, 1.82) is 0 Å². The number of carbonyl (C=O) groups excluding carboxylic acids is 1. The Morgan fingerprint density at radius 2 is 1.67 bits per heavy atom. The number of aryl methyl sites for hydroxylation is 1. The lowest BCUT2D eigenvalue weighted by atomic mass is 9.63. The number of hydrogen-bond donors (Lipinski definition) is 1. The van der Waals surface area contributed by atoms with E-state index in [9.17, 15) is 32.3 Å². The fourth-order valence-corrected chi connectivity index (χ4v) is 7.29. The van der Waals surface area contributed by atoms with Gasteiger partial charge in [-0.2, -0.15) is 13.2 Å². The van der Waals surface area contributed by atoms with Gasteiger partial charge in [0.1, 0.15) is 0 Å². The van der Waals surface area contributed by atoms with Crippen molar-refractivity contribution in [1.82, 2.24) is 4.90 Å². The lowest BCUT2D eigenvalue weighted by Gasteiger charge is -2.46. The van der Waals surface area contributed by atoms with Crippen LogP contribution >= 0.6 is 0 Å². The van der Waals surface area contributed by atoms with Crippen LogP contribution in [0.1, 0.15) is 74.6 Å². The molecule has 1 heterocycles. The predicted octanol–water partition coefficient (Wildman–Crippen LogP) is 6.74. The first kappa shape index (κ1) is 27.7. The predicted molar refractivity (Wildman–Crippen MR) is 139 cm³/mol. The number of carboxylic acid groups (broad SMARTS) is 1. The number of aliphatic carboxylic acids is 1. The smallest absolute Gasteiger partial charge is 0.426 e. The van der Waals surface area contributed by atoms with E-state index in [1.165, 1.54) is 12.1 Å². The van der Waals surface area contributed by atoms with E-state index < -0.39 is 40.1 Å². The average Bonchev–Trinajstić information content (AvgIpc) is 3.27. The number of amides is 1. The number of hydrogen-bond acceptors (Lipinski definition) is 2. The summed E-state index contributed by atoms with van der Waals surface area (Å²) >= 11 is 0. The van der Waals surface area contributed by atoms with Crippen molar-refractivity contribution in [2.75, 3.05) is 6.54 Å². The third-order valence-electron chi connectivity index (χ3n) is 9.79. The van der Waals surface area contributed by atoms with E-state index in [1.807, 2.05) is 42.2 Å². The van der Waals surface area contributed by atoms with Crippen LogP contribution in [-0.4, -0.2) is 40.6 Å². The molecule has 2 fully saturated rings. The standard InChI is InChI=1S/C31H35F4NO3/c1-28(14-12-21(13-15-28)26(37)38)27(39)36-17-16-30(19-20-6-4-3-5-7-20)24-10-9-23(29(2,32)31(33,34)35)18-22(24)8-11-25(30)36/h3-7,9-10,18,21,25H,8,11-17,19H2,1-2H3,(H,37,38)/t21-,25-,28-,29?,30-/m1/s1. The highest BCUT2D eigenvalue weighted by Crippen LogP contribution is 2.52. The quantitative estimate of drug-likeness (QED) is 0.424. The Balaban J connectivity index is 1.51. The topological polar surface area (TPSA) is 57.6 Å². The summed E-state index contributed by atoms with van der Waals surface area (Å²) < 4.78 is 55.4. The number of halogens is 4. The van der Waals surface area contributed by atoms with Gasteiger partial charge < -0.3 is 10.0 Å². The monoisotopic (exact) mass is 545 g/mol. The first-order valence-electron chi connectivity index (χ1n) is 13.8.